The number of aliphatic hydroxyl groups is 2. The normalized spacial score (nSPS) is 10.7. The zero-order valence-electron chi connectivity index (χ0n) is 13.6. The van der Waals surface area contributed by atoms with Crippen LogP contribution in [-0.4, -0.2) is 61.5 Å². The van der Waals surface area contributed by atoms with Crippen molar-refractivity contribution in [2.45, 2.75) is 17.7 Å². The number of hydrogen-bond donors (Lipinski definition) is 2. The Bertz CT molecular complexity index is 647. The number of hydrogen-bond acceptors (Lipinski definition) is 9. The van der Waals surface area contributed by atoms with Gasteiger partial charge in [-0.1, -0.05) is 0 Å². The van der Waals surface area contributed by atoms with Crippen LogP contribution in [0.3, 0.4) is 0 Å². The van der Waals surface area contributed by atoms with E-state index < -0.39 is 27.0 Å². The predicted octanol–water partition coefficient (Wildman–Crippen LogP) is -3.33. The van der Waals surface area contributed by atoms with Gasteiger partial charge in [0.25, 0.3) is 0 Å². The molecular formula is C14H17NaO9S. The zero-order valence-corrected chi connectivity index (χ0v) is 16.5. The fourth-order valence-corrected chi connectivity index (χ4v) is 2.15. The third-order valence-electron chi connectivity index (χ3n) is 2.74. The maximum atomic E-state index is 11.8. The third kappa shape index (κ3) is 8.27. The van der Waals surface area contributed by atoms with E-state index in [9.17, 15) is 22.6 Å². The van der Waals surface area contributed by atoms with Gasteiger partial charge < -0.3 is 24.2 Å². The number of aliphatic hydroxyl groups excluding tert-OH is 2. The maximum absolute atomic E-state index is 11.8. The number of carbonyl (C=O) groups excluding carboxylic acids is 2. The van der Waals surface area contributed by atoms with Gasteiger partial charge in [0.05, 0.1) is 29.2 Å². The van der Waals surface area contributed by atoms with Crippen LogP contribution in [0, 0.1) is 0 Å². The van der Waals surface area contributed by atoms with E-state index in [1.54, 1.807) is 0 Å². The average molecular weight is 384 g/mol. The minimum Gasteiger partial charge on any atom is -0.744 e. The second-order valence-corrected chi connectivity index (χ2v) is 6.01. The number of rotatable bonds is 9. The van der Waals surface area contributed by atoms with Crippen LogP contribution in [0.15, 0.2) is 23.1 Å². The quantitative estimate of drug-likeness (QED) is 0.193. The predicted molar refractivity (Wildman–Crippen MR) is 78.4 cm³/mol. The molecule has 0 aromatic heterocycles. The molecule has 1 aromatic carbocycles. The van der Waals surface area contributed by atoms with Gasteiger partial charge in [-0.2, -0.15) is 0 Å². The summed E-state index contributed by atoms with van der Waals surface area (Å²) >= 11 is 0. The van der Waals surface area contributed by atoms with Crippen molar-refractivity contribution in [2.24, 2.45) is 0 Å². The molecule has 0 saturated carbocycles. The summed E-state index contributed by atoms with van der Waals surface area (Å²) in [6.45, 7) is -0.630. The second-order valence-electron chi connectivity index (χ2n) is 4.63. The van der Waals surface area contributed by atoms with Crippen molar-refractivity contribution in [3.05, 3.63) is 29.3 Å². The van der Waals surface area contributed by atoms with Crippen molar-refractivity contribution < 1.29 is 71.8 Å². The molecule has 0 amide bonds. The molecular weight excluding hydrogens is 367 g/mol. The van der Waals surface area contributed by atoms with Crippen LogP contribution < -0.4 is 29.6 Å². The molecule has 0 atom stereocenters. The minimum absolute atomic E-state index is 0. The molecule has 0 radical (unpaired) electrons. The molecule has 0 unspecified atom stereocenters. The molecule has 1 aromatic rings. The first-order chi connectivity index (χ1) is 11.3. The molecule has 0 spiro atoms. The van der Waals surface area contributed by atoms with Crippen LogP contribution in [0.4, 0.5) is 0 Å². The molecule has 0 fully saturated rings. The summed E-state index contributed by atoms with van der Waals surface area (Å²) in [6.07, 6.45) is 0.364. The smallest absolute Gasteiger partial charge is 0.744 e. The van der Waals surface area contributed by atoms with Crippen molar-refractivity contribution >= 4 is 22.1 Å². The van der Waals surface area contributed by atoms with E-state index in [-0.39, 0.29) is 80.0 Å². The summed E-state index contributed by atoms with van der Waals surface area (Å²) in [5.41, 5.74) is -0.613. The van der Waals surface area contributed by atoms with Gasteiger partial charge in [0.1, 0.15) is 10.1 Å². The molecule has 134 valence electrons. The van der Waals surface area contributed by atoms with Crippen molar-refractivity contribution in [3.8, 4) is 0 Å². The average Bonchev–Trinajstić information content (AvgIpc) is 2.53. The van der Waals surface area contributed by atoms with Gasteiger partial charge >= 0.3 is 41.5 Å². The Kier molecular flexibility index (Phi) is 11.1. The Labute approximate surface area is 167 Å². The van der Waals surface area contributed by atoms with Crippen molar-refractivity contribution in [3.63, 3.8) is 0 Å². The topological polar surface area (TPSA) is 150 Å². The van der Waals surface area contributed by atoms with E-state index in [1.807, 2.05) is 0 Å². The van der Waals surface area contributed by atoms with E-state index in [1.165, 1.54) is 0 Å². The van der Waals surface area contributed by atoms with Crippen LogP contribution in [-0.2, 0) is 19.6 Å². The van der Waals surface area contributed by atoms with Crippen molar-refractivity contribution in [2.75, 3.05) is 26.4 Å². The van der Waals surface area contributed by atoms with Crippen LogP contribution >= 0.6 is 0 Å². The first kappa shape index (κ1) is 24.0. The Morgan fingerprint density at radius 1 is 0.920 bits per heavy atom. The van der Waals surface area contributed by atoms with Crippen LogP contribution in [0.25, 0.3) is 0 Å². The van der Waals surface area contributed by atoms with Gasteiger partial charge in [-0.15, -0.1) is 0 Å². The Morgan fingerprint density at radius 2 is 1.32 bits per heavy atom. The fourth-order valence-electron chi connectivity index (χ4n) is 1.60. The Hall–Kier alpha value is -1.01. The number of esters is 2. The van der Waals surface area contributed by atoms with E-state index in [2.05, 4.69) is 0 Å². The SMILES string of the molecule is O=C(OCCCO)c1cc(C(=O)OCCCO)cc(S(=O)(=O)[O-])c1.[Na+]. The summed E-state index contributed by atoms with van der Waals surface area (Å²) in [7, 11) is -4.91. The summed E-state index contributed by atoms with van der Waals surface area (Å²) in [5, 5.41) is 17.3. The first-order valence-electron chi connectivity index (χ1n) is 6.96. The van der Waals surface area contributed by atoms with E-state index in [0.29, 0.717) is 0 Å². The summed E-state index contributed by atoms with van der Waals surface area (Å²) in [4.78, 5) is 22.9. The number of benzene rings is 1. The molecule has 11 heteroatoms. The monoisotopic (exact) mass is 384 g/mol. The molecule has 9 nitrogen and oxygen atoms in total. The standard InChI is InChI=1S/C14H18O9S.Na/c15-3-1-5-22-13(17)10-7-11(14(18)23-6-2-4-16)9-12(8-10)24(19,20)21;/h7-9,15-16H,1-6H2,(H,19,20,21);/q;+1/p-1. The van der Waals surface area contributed by atoms with E-state index >= 15 is 0 Å². The van der Waals surface area contributed by atoms with Crippen LogP contribution in [0.5, 0.6) is 0 Å². The van der Waals surface area contributed by atoms with Crippen molar-refractivity contribution in [1.29, 1.82) is 0 Å². The maximum Gasteiger partial charge on any atom is 1.00 e. The Balaban J connectivity index is 0.00000576. The summed E-state index contributed by atoms with van der Waals surface area (Å²) in [6, 6.07) is 2.64. The Morgan fingerprint density at radius 3 is 1.64 bits per heavy atom. The first-order valence-corrected chi connectivity index (χ1v) is 8.37. The molecule has 1 rings (SSSR count). The second kappa shape index (κ2) is 11.6. The molecule has 0 aliphatic heterocycles. The zero-order chi connectivity index (χ0) is 18.2. The van der Waals surface area contributed by atoms with Gasteiger partial charge in [-0.05, 0) is 18.2 Å². The van der Waals surface area contributed by atoms with E-state index in [0.717, 1.165) is 18.2 Å². The number of ether oxygens (including phenoxy) is 2. The van der Waals surface area contributed by atoms with Gasteiger partial charge in [0.2, 0.25) is 0 Å². The van der Waals surface area contributed by atoms with Gasteiger partial charge in [-0.3, -0.25) is 0 Å². The van der Waals surface area contributed by atoms with E-state index in [4.69, 9.17) is 19.7 Å². The summed E-state index contributed by atoms with van der Waals surface area (Å²) in [5.74, 6) is -1.89. The molecule has 0 aliphatic carbocycles. The third-order valence-corrected chi connectivity index (χ3v) is 3.55. The fraction of sp³-hybridized carbons (Fsp3) is 0.429. The molecule has 0 heterocycles. The van der Waals surface area contributed by atoms with Crippen LogP contribution in [0.2, 0.25) is 0 Å². The largest absolute Gasteiger partial charge is 1.00 e. The molecule has 25 heavy (non-hydrogen) atoms. The minimum atomic E-state index is -4.91. The van der Waals surface area contributed by atoms with Gasteiger partial charge in [-0.25, -0.2) is 18.0 Å². The van der Waals surface area contributed by atoms with Gasteiger partial charge in [0.15, 0.2) is 0 Å². The molecule has 0 bridgehead atoms. The van der Waals surface area contributed by atoms with Crippen molar-refractivity contribution in [1.82, 2.24) is 0 Å². The number of carbonyl (C=O) groups is 2. The molecule has 0 saturated heterocycles. The molecule has 2 N–H and O–H groups in total. The molecule has 0 aliphatic rings. The summed E-state index contributed by atoms with van der Waals surface area (Å²) < 4.78 is 43.1. The van der Waals surface area contributed by atoms with Crippen LogP contribution in [0.1, 0.15) is 33.6 Å². The van der Waals surface area contributed by atoms with Gasteiger partial charge in [0, 0.05) is 26.1 Å².